The van der Waals surface area contributed by atoms with Crippen LogP contribution in [-0.4, -0.2) is 27.8 Å². The number of aryl methyl sites for hydroxylation is 1. The molecule has 1 aromatic heterocycles. The minimum absolute atomic E-state index is 0.102. The number of amides is 1. The summed E-state index contributed by atoms with van der Waals surface area (Å²) in [5.41, 5.74) is 2.08. The fraction of sp³-hybridized carbons (Fsp3) is 0.222. The molecule has 2 aromatic carbocycles. The quantitative estimate of drug-likeness (QED) is 0.779. The molecule has 3 rings (SSSR count). The van der Waals surface area contributed by atoms with Gasteiger partial charge in [0.1, 0.15) is 17.5 Å². The van der Waals surface area contributed by atoms with Crippen molar-refractivity contribution in [1.82, 2.24) is 14.9 Å². The SMILES string of the molecule is CN(Cc1ccc(F)cc1F)C(=O)CCc1nc2ccccc2[nH]1. The van der Waals surface area contributed by atoms with Gasteiger partial charge in [0.2, 0.25) is 5.91 Å². The Hall–Kier alpha value is -2.76. The van der Waals surface area contributed by atoms with Crippen LogP contribution in [-0.2, 0) is 17.8 Å². The van der Waals surface area contributed by atoms with Crippen molar-refractivity contribution in [2.75, 3.05) is 7.05 Å². The van der Waals surface area contributed by atoms with E-state index in [4.69, 9.17) is 0 Å². The van der Waals surface area contributed by atoms with Crippen molar-refractivity contribution >= 4 is 16.9 Å². The van der Waals surface area contributed by atoms with Gasteiger partial charge in [0.25, 0.3) is 0 Å². The van der Waals surface area contributed by atoms with Crippen molar-refractivity contribution in [3.8, 4) is 0 Å². The summed E-state index contributed by atoms with van der Waals surface area (Å²) in [5, 5.41) is 0. The minimum atomic E-state index is -0.646. The number of carbonyl (C=O) groups is 1. The van der Waals surface area contributed by atoms with Crippen LogP contribution in [0, 0.1) is 11.6 Å². The molecule has 3 aromatic rings. The van der Waals surface area contributed by atoms with Gasteiger partial charge in [-0.05, 0) is 18.2 Å². The molecule has 124 valence electrons. The standard InChI is InChI=1S/C18H17F2N3O/c1-23(11-12-6-7-13(19)10-14(12)20)18(24)9-8-17-21-15-4-2-3-5-16(15)22-17/h2-7,10H,8-9,11H2,1H3,(H,21,22). The van der Waals surface area contributed by atoms with Crippen molar-refractivity contribution in [2.45, 2.75) is 19.4 Å². The first-order valence-electron chi connectivity index (χ1n) is 7.64. The van der Waals surface area contributed by atoms with Crippen molar-refractivity contribution in [3.05, 3.63) is 65.5 Å². The van der Waals surface area contributed by atoms with E-state index in [0.717, 1.165) is 22.9 Å². The van der Waals surface area contributed by atoms with Crippen LogP contribution in [0.4, 0.5) is 8.78 Å². The molecule has 4 nitrogen and oxygen atoms in total. The Bertz CT molecular complexity index is 843. The number of fused-ring (bicyclic) bond motifs is 1. The smallest absolute Gasteiger partial charge is 0.223 e. The first-order valence-corrected chi connectivity index (χ1v) is 7.64. The molecule has 0 fully saturated rings. The van der Waals surface area contributed by atoms with Crippen molar-refractivity contribution in [1.29, 1.82) is 0 Å². The van der Waals surface area contributed by atoms with E-state index in [9.17, 15) is 13.6 Å². The number of aromatic nitrogens is 2. The molecule has 6 heteroatoms. The number of hydrogen-bond acceptors (Lipinski definition) is 2. The third-order valence-electron chi connectivity index (χ3n) is 3.86. The van der Waals surface area contributed by atoms with Gasteiger partial charge in [-0.15, -0.1) is 0 Å². The first-order chi connectivity index (χ1) is 11.5. The highest BCUT2D eigenvalue weighted by molar-refractivity contribution is 5.77. The Balaban J connectivity index is 1.59. The predicted molar refractivity (Wildman–Crippen MR) is 87.2 cm³/mol. The van der Waals surface area contributed by atoms with Crippen molar-refractivity contribution in [2.24, 2.45) is 0 Å². The van der Waals surface area contributed by atoms with Gasteiger partial charge in [0, 0.05) is 38.1 Å². The van der Waals surface area contributed by atoms with Gasteiger partial charge in [-0.25, -0.2) is 13.8 Å². The van der Waals surface area contributed by atoms with Gasteiger partial charge in [-0.2, -0.15) is 0 Å². The molecule has 0 saturated heterocycles. The summed E-state index contributed by atoms with van der Waals surface area (Å²) in [7, 11) is 1.60. The normalized spacial score (nSPS) is 11.0. The number of nitrogens with one attached hydrogen (secondary N) is 1. The average molecular weight is 329 g/mol. The number of hydrogen-bond donors (Lipinski definition) is 1. The predicted octanol–water partition coefficient (Wildman–Crippen LogP) is 3.43. The molecule has 1 amide bonds. The second-order valence-electron chi connectivity index (χ2n) is 5.69. The van der Waals surface area contributed by atoms with E-state index >= 15 is 0 Å². The van der Waals surface area contributed by atoms with E-state index in [1.807, 2.05) is 24.3 Å². The van der Waals surface area contributed by atoms with Crippen LogP contribution in [0.2, 0.25) is 0 Å². The number of carbonyl (C=O) groups excluding carboxylic acids is 1. The lowest BCUT2D eigenvalue weighted by molar-refractivity contribution is -0.130. The minimum Gasteiger partial charge on any atom is -0.342 e. The number of aromatic amines is 1. The fourth-order valence-corrected chi connectivity index (χ4v) is 2.53. The molecule has 0 radical (unpaired) electrons. The first kappa shape index (κ1) is 16.1. The van der Waals surface area contributed by atoms with Crippen LogP contribution in [0.5, 0.6) is 0 Å². The lowest BCUT2D eigenvalue weighted by atomic mass is 10.2. The summed E-state index contributed by atoms with van der Waals surface area (Å²) in [6.07, 6.45) is 0.739. The molecule has 0 aliphatic carbocycles. The van der Waals surface area contributed by atoms with Gasteiger partial charge in [-0.3, -0.25) is 4.79 Å². The Kier molecular flexibility index (Phi) is 4.55. The summed E-state index contributed by atoms with van der Waals surface area (Å²) >= 11 is 0. The van der Waals surface area contributed by atoms with E-state index in [-0.39, 0.29) is 24.4 Å². The molecule has 1 N–H and O–H groups in total. The zero-order valence-corrected chi connectivity index (χ0v) is 13.2. The zero-order chi connectivity index (χ0) is 17.1. The molecule has 1 heterocycles. The number of nitrogens with zero attached hydrogens (tertiary/aromatic N) is 2. The Morgan fingerprint density at radius 2 is 2.00 bits per heavy atom. The Morgan fingerprint density at radius 1 is 1.21 bits per heavy atom. The van der Waals surface area contributed by atoms with Crippen LogP contribution in [0.1, 0.15) is 17.8 Å². The highest BCUT2D eigenvalue weighted by Crippen LogP contribution is 2.14. The number of H-pyrrole nitrogens is 1. The van der Waals surface area contributed by atoms with Gasteiger partial charge < -0.3 is 9.88 Å². The molecule has 0 atom stereocenters. The van der Waals surface area contributed by atoms with E-state index in [1.165, 1.54) is 17.0 Å². The van der Waals surface area contributed by atoms with Gasteiger partial charge in [0.05, 0.1) is 11.0 Å². The van der Waals surface area contributed by atoms with Gasteiger partial charge in [0.15, 0.2) is 0 Å². The van der Waals surface area contributed by atoms with Crippen molar-refractivity contribution in [3.63, 3.8) is 0 Å². The maximum Gasteiger partial charge on any atom is 0.223 e. The highest BCUT2D eigenvalue weighted by atomic mass is 19.1. The molecule has 24 heavy (non-hydrogen) atoms. The number of para-hydroxylation sites is 2. The van der Waals surface area contributed by atoms with Crippen LogP contribution >= 0.6 is 0 Å². The maximum absolute atomic E-state index is 13.7. The lowest BCUT2D eigenvalue weighted by Crippen LogP contribution is -2.27. The Labute approximate surface area is 138 Å². The van der Waals surface area contributed by atoms with E-state index in [2.05, 4.69) is 9.97 Å². The van der Waals surface area contributed by atoms with Crippen LogP contribution < -0.4 is 0 Å². The largest absolute Gasteiger partial charge is 0.342 e. The summed E-state index contributed by atoms with van der Waals surface area (Å²) in [6, 6.07) is 11.0. The molecule has 0 bridgehead atoms. The molecular weight excluding hydrogens is 312 g/mol. The Morgan fingerprint density at radius 3 is 2.75 bits per heavy atom. The molecule has 0 aliphatic rings. The van der Waals surface area contributed by atoms with Crippen LogP contribution in [0.15, 0.2) is 42.5 Å². The summed E-state index contributed by atoms with van der Waals surface area (Å²) in [5.74, 6) is -0.660. The zero-order valence-electron chi connectivity index (χ0n) is 13.2. The van der Waals surface area contributed by atoms with E-state index in [0.29, 0.717) is 6.42 Å². The molecule has 0 unspecified atom stereocenters. The van der Waals surface area contributed by atoms with Crippen LogP contribution in [0.25, 0.3) is 11.0 Å². The molecular formula is C18H17F2N3O. The third kappa shape index (κ3) is 3.59. The summed E-state index contributed by atoms with van der Waals surface area (Å²) in [6.45, 7) is 0.102. The van der Waals surface area contributed by atoms with Gasteiger partial charge >= 0.3 is 0 Å². The number of benzene rings is 2. The average Bonchev–Trinajstić information content (AvgIpc) is 2.98. The number of halogens is 2. The monoisotopic (exact) mass is 329 g/mol. The van der Waals surface area contributed by atoms with Crippen LogP contribution in [0.3, 0.4) is 0 Å². The highest BCUT2D eigenvalue weighted by Gasteiger charge is 2.13. The second-order valence-corrected chi connectivity index (χ2v) is 5.69. The number of rotatable bonds is 5. The summed E-state index contributed by atoms with van der Waals surface area (Å²) < 4.78 is 26.6. The van der Waals surface area contributed by atoms with E-state index < -0.39 is 11.6 Å². The van der Waals surface area contributed by atoms with E-state index in [1.54, 1.807) is 7.05 Å². The molecule has 0 saturated carbocycles. The topological polar surface area (TPSA) is 49.0 Å². The van der Waals surface area contributed by atoms with Gasteiger partial charge in [-0.1, -0.05) is 18.2 Å². The molecule has 0 spiro atoms. The molecule has 0 aliphatic heterocycles. The fourth-order valence-electron chi connectivity index (χ4n) is 2.53. The second kappa shape index (κ2) is 6.78. The number of imidazole rings is 1. The summed E-state index contributed by atoms with van der Waals surface area (Å²) in [4.78, 5) is 21.2. The third-order valence-corrected chi connectivity index (χ3v) is 3.86. The lowest BCUT2D eigenvalue weighted by Gasteiger charge is -2.17. The maximum atomic E-state index is 13.7. The van der Waals surface area contributed by atoms with Crippen molar-refractivity contribution < 1.29 is 13.6 Å².